The van der Waals surface area contributed by atoms with E-state index in [1.54, 1.807) is 12.1 Å². The largest absolute Gasteiger partial charge is 0.449 e. The summed E-state index contributed by atoms with van der Waals surface area (Å²) in [6, 6.07) is 19.6. The van der Waals surface area contributed by atoms with Crippen LogP contribution in [0.15, 0.2) is 69.9 Å². The third-order valence-electron chi connectivity index (χ3n) is 3.71. The van der Waals surface area contributed by atoms with Gasteiger partial charge in [0, 0.05) is 0 Å². The standard InChI is InChI=1S/C19H20N2O3/c22-19-21(17-13-7-2-8-14-17)20-18(24-19)23-15-9-3-6-12-16-10-4-1-5-11-16/h1-2,4-5,7-8,10-11,13-14H,3,6,9,12,15H2. The number of hydrogen-bond donors (Lipinski definition) is 0. The fourth-order valence-corrected chi connectivity index (χ4v) is 2.46. The van der Waals surface area contributed by atoms with Gasteiger partial charge in [0.25, 0.3) is 0 Å². The van der Waals surface area contributed by atoms with E-state index in [2.05, 4.69) is 29.4 Å². The number of rotatable bonds is 8. The van der Waals surface area contributed by atoms with Gasteiger partial charge in [-0.3, -0.25) is 0 Å². The minimum absolute atomic E-state index is 0.0203. The smallest absolute Gasteiger partial charge is 0.444 e. The molecule has 0 saturated carbocycles. The van der Waals surface area contributed by atoms with Crippen molar-refractivity contribution in [2.24, 2.45) is 0 Å². The van der Waals surface area contributed by atoms with Crippen LogP contribution in [-0.4, -0.2) is 16.4 Å². The van der Waals surface area contributed by atoms with Gasteiger partial charge in [0.05, 0.1) is 12.3 Å². The van der Waals surface area contributed by atoms with Gasteiger partial charge in [-0.1, -0.05) is 53.6 Å². The number of para-hydroxylation sites is 1. The van der Waals surface area contributed by atoms with Crippen LogP contribution in [0.25, 0.3) is 5.69 Å². The number of benzene rings is 2. The van der Waals surface area contributed by atoms with Crippen LogP contribution < -0.4 is 10.5 Å². The van der Waals surface area contributed by atoms with Crippen molar-refractivity contribution >= 4 is 0 Å². The molecule has 0 amide bonds. The molecule has 0 saturated heterocycles. The Morgan fingerprint density at radius 1 is 0.917 bits per heavy atom. The molecule has 0 aliphatic carbocycles. The highest BCUT2D eigenvalue weighted by Crippen LogP contribution is 2.10. The maximum absolute atomic E-state index is 11.8. The second kappa shape index (κ2) is 8.15. The first-order valence-corrected chi connectivity index (χ1v) is 8.15. The van der Waals surface area contributed by atoms with Crippen LogP contribution in [0.5, 0.6) is 6.08 Å². The summed E-state index contributed by atoms with van der Waals surface area (Å²) >= 11 is 0. The first kappa shape index (κ1) is 16.1. The summed E-state index contributed by atoms with van der Waals surface area (Å²) < 4.78 is 11.7. The first-order chi connectivity index (χ1) is 11.8. The van der Waals surface area contributed by atoms with Crippen LogP contribution in [0.2, 0.25) is 0 Å². The molecule has 0 radical (unpaired) electrons. The number of aromatic nitrogens is 2. The lowest BCUT2D eigenvalue weighted by Crippen LogP contribution is -2.12. The van der Waals surface area contributed by atoms with Gasteiger partial charge in [0.2, 0.25) is 0 Å². The fraction of sp³-hybridized carbons (Fsp3) is 0.263. The van der Waals surface area contributed by atoms with Crippen molar-refractivity contribution in [2.45, 2.75) is 25.7 Å². The molecule has 24 heavy (non-hydrogen) atoms. The Hall–Kier alpha value is -2.82. The van der Waals surface area contributed by atoms with Gasteiger partial charge in [-0.25, -0.2) is 4.79 Å². The van der Waals surface area contributed by atoms with Crippen LogP contribution in [0.3, 0.4) is 0 Å². The predicted molar refractivity (Wildman–Crippen MR) is 91.6 cm³/mol. The molecular weight excluding hydrogens is 304 g/mol. The average Bonchev–Trinajstić information content (AvgIpc) is 3.00. The van der Waals surface area contributed by atoms with Crippen molar-refractivity contribution in [1.82, 2.24) is 9.78 Å². The summed E-state index contributed by atoms with van der Waals surface area (Å²) in [5.74, 6) is -0.541. The Morgan fingerprint density at radius 2 is 1.62 bits per heavy atom. The molecule has 5 heteroatoms. The van der Waals surface area contributed by atoms with Crippen LogP contribution in [0.1, 0.15) is 24.8 Å². The topological polar surface area (TPSA) is 57.3 Å². The second-order valence-electron chi connectivity index (χ2n) is 5.53. The Labute approximate surface area is 140 Å². The van der Waals surface area contributed by atoms with E-state index in [1.807, 2.05) is 24.3 Å². The minimum atomic E-state index is -0.541. The lowest BCUT2D eigenvalue weighted by atomic mass is 10.1. The average molecular weight is 324 g/mol. The molecule has 124 valence electrons. The maximum Gasteiger partial charge on any atom is 0.444 e. The van der Waals surface area contributed by atoms with E-state index in [0.29, 0.717) is 12.3 Å². The molecule has 0 fully saturated rings. The quantitative estimate of drug-likeness (QED) is 0.594. The summed E-state index contributed by atoms with van der Waals surface area (Å²) in [7, 11) is 0. The van der Waals surface area contributed by atoms with Crippen molar-refractivity contribution in [3.8, 4) is 11.8 Å². The molecule has 5 nitrogen and oxygen atoms in total. The predicted octanol–water partition coefficient (Wildman–Crippen LogP) is 3.62. The monoisotopic (exact) mass is 324 g/mol. The summed E-state index contributed by atoms with van der Waals surface area (Å²) in [5.41, 5.74) is 2.01. The molecule has 0 bridgehead atoms. The van der Waals surface area contributed by atoms with E-state index in [0.717, 1.165) is 25.7 Å². The highest BCUT2D eigenvalue weighted by molar-refractivity contribution is 5.29. The minimum Gasteiger partial charge on any atom is -0.449 e. The van der Waals surface area contributed by atoms with E-state index >= 15 is 0 Å². The molecule has 3 aromatic rings. The summed E-state index contributed by atoms with van der Waals surface area (Å²) in [6.07, 6.45) is 4.15. The third kappa shape index (κ3) is 4.35. The Balaban J connectivity index is 1.42. The third-order valence-corrected chi connectivity index (χ3v) is 3.71. The zero-order valence-corrected chi connectivity index (χ0v) is 13.4. The van der Waals surface area contributed by atoms with E-state index in [9.17, 15) is 4.79 Å². The molecule has 0 aliphatic rings. The lowest BCUT2D eigenvalue weighted by Gasteiger charge is -2.02. The highest BCUT2D eigenvalue weighted by atomic mass is 16.6. The highest BCUT2D eigenvalue weighted by Gasteiger charge is 2.10. The lowest BCUT2D eigenvalue weighted by molar-refractivity contribution is 0.219. The van der Waals surface area contributed by atoms with Crippen LogP contribution >= 0.6 is 0 Å². The first-order valence-electron chi connectivity index (χ1n) is 8.15. The molecule has 0 atom stereocenters. The number of nitrogens with zero attached hydrogens (tertiary/aromatic N) is 2. The zero-order valence-electron chi connectivity index (χ0n) is 13.4. The Kier molecular flexibility index (Phi) is 5.45. The van der Waals surface area contributed by atoms with Crippen LogP contribution in [-0.2, 0) is 6.42 Å². The molecule has 0 spiro atoms. The maximum atomic E-state index is 11.8. The van der Waals surface area contributed by atoms with Gasteiger partial charge in [-0.2, -0.15) is 4.68 Å². The molecule has 1 aromatic heterocycles. The summed E-state index contributed by atoms with van der Waals surface area (Å²) in [5, 5.41) is 4.06. The van der Waals surface area contributed by atoms with E-state index in [-0.39, 0.29) is 6.08 Å². The van der Waals surface area contributed by atoms with Crippen molar-refractivity contribution in [3.63, 3.8) is 0 Å². The molecule has 0 N–H and O–H groups in total. The van der Waals surface area contributed by atoms with Crippen molar-refractivity contribution in [2.75, 3.05) is 6.61 Å². The molecule has 0 aliphatic heterocycles. The van der Waals surface area contributed by atoms with Crippen molar-refractivity contribution < 1.29 is 9.15 Å². The molecule has 3 rings (SSSR count). The summed E-state index contributed by atoms with van der Waals surface area (Å²) in [6.45, 7) is 0.490. The fourth-order valence-electron chi connectivity index (χ4n) is 2.46. The zero-order chi connectivity index (χ0) is 16.6. The number of ether oxygens (including phenoxy) is 1. The van der Waals surface area contributed by atoms with Crippen molar-refractivity contribution in [3.05, 3.63) is 76.8 Å². The molecule has 2 aromatic carbocycles. The van der Waals surface area contributed by atoms with Gasteiger partial charge in [0.15, 0.2) is 0 Å². The number of unbranched alkanes of at least 4 members (excludes halogenated alkanes) is 2. The molecule has 0 unspecified atom stereocenters. The normalized spacial score (nSPS) is 10.7. The Morgan fingerprint density at radius 3 is 2.38 bits per heavy atom. The van der Waals surface area contributed by atoms with Crippen LogP contribution in [0, 0.1) is 0 Å². The van der Waals surface area contributed by atoms with E-state index in [4.69, 9.17) is 9.15 Å². The van der Waals surface area contributed by atoms with Gasteiger partial charge in [0.1, 0.15) is 0 Å². The van der Waals surface area contributed by atoms with Gasteiger partial charge in [-0.05, 0) is 43.4 Å². The molecular formula is C19H20N2O3. The van der Waals surface area contributed by atoms with Gasteiger partial charge < -0.3 is 9.15 Å². The van der Waals surface area contributed by atoms with Crippen LogP contribution in [0.4, 0.5) is 0 Å². The second-order valence-corrected chi connectivity index (χ2v) is 5.53. The van der Waals surface area contributed by atoms with Crippen molar-refractivity contribution in [1.29, 1.82) is 0 Å². The van der Waals surface area contributed by atoms with E-state index < -0.39 is 5.76 Å². The summed E-state index contributed by atoms with van der Waals surface area (Å²) in [4.78, 5) is 11.8. The number of hydrogen-bond acceptors (Lipinski definition) is 4. The van der Waals surface area contributed by atoms with Gasteiger partial charge in [-0.15, -0.1) is 0 Å². The molecule has 1 heterocycles. The van der Waals surface area contributed by atoms with Gasteiger partial charge >= 0.3 is 11.8 Å². The SMILES string of the molecule is O=c1oc(OCCCCCc2ccccc2)nn1-c1ccccc1. The van der Waals surface area contributed by atoms with E-state index in [1.165, 1.54) is 10.2 Å². The Bertz CT molecular complexity index is 794. The number of aryl methyl sites for hydroxylation is 1.